The lowest BCUT2D eigenvalue weighted by Gasteiger charge is -2.19. The van der Waals surface area contributed by atoms with Crippen molar-refractivity contribution in [2.45, 2.75) is 13.0 Å². The van der Waals surface area contributed by atoms with Gasteiger partial charge >= 0.3 is 0 Å². The molecule has 2 rings (SSSR count). The van der Waals surface area contributed by atoms with Crippen molar-refractivity contribution < 1.29 is 19.0 Å². The average Bonchev–Trinajstić information content (AvgIpc) is 2.46. The van der Waals surface area contributed by atoms with Crippen molar-refractivity contribution in [1.29, 1.82) is 0 Å². The number of benzene rings is 2. The fourth-order valence-corrected chi connectivity index (χ4v) is 2.93. The number of methoxy groups -OCH3 is 2. The summed E-state index contributed by atoms with van der Waals surface area (Å²) in [5.41, 5.74) is 1.89. The van der Waals surface area contributed by atoms with E-state index in [2.05, 4.69) is 15.9 Å². The molecule has 0 saturated heterocycles. The van der Waals surface area contributed by atoms with Gasteiger partial charge in [0.15, 0.2) is 0 Å². The molecule has 2 aromatic carbocycles. The molecule has 2 aromatic rings. The van der Waals surface area contributed by atoms with Crippen LogP contribution in [0.2, 0.25) is 0 Å². The third-order valence-corrected chi connectivity index (χ3v) is 4.09. The summed E-state index contributed by atoms with van der Waals surface area (Å²) in [5, 5.41) is 10.6. The van der Waals surface area contributed by atoms with E-state index >= 15 is 0 Å². The van der Waals surface area contributed by atoms with E-state index in [0.29, 0.717) is 32.7 Å². The summed E-state index contributed by atoms with van der Waals surface area (Å²) in [6, 6.07) is 7.77. The molecule has 0 aromatic heterocycles. The van der Waals surface area contributed by atoms with E-state index in [9.17, 15) is 9.50 Å². The monoisotopic (exact) mass is 354 g/mol. The largest absolute Gasteiger partial charge is 0.495 e. The number of ether oxygens (including phenoxy) is 2. The Morgan fingerprint density at radius 2 is 1.76 bits per heavy atom. The van der Waals surface area contributed by atoms with E-state index in [-0.39, 0.29) is 5.82 Å². The van der Waals surface area contributed by atoms with Crippen LogP contribution in [0.15, 0.2) is 34.8 Å². The molecule has 0 amide bonds. The molecule has 0 fully saturated rings. The highest BCUT2D eigenvalue weighted by atomic mass is 79.9. The van der Waals surface area contributed by atoms with Gasteiger partial charge in [0.2, 0.25) is 0 Å². The second kappa shape index (κ2) is 6.45. The maximum absolute atomic E-state index is 13.2. The van der Waals surface area contributed by atoms with Gasteiger partial charge in [0, 0.05) is 5.56 Å². The Bertz CT molecular complexity index is 658. The lowest BCUT2D eigenvalue weighted by molar-refractivity contribution is 0.213. The summed E-state index contributed by atoms with van der Waals surface area (Å²) < 4.78 is 24.4. The first-order valence-electron chi connectivity index (χ1n) is 6.34. The van der Waals surface area contributed by atoms with E-state index in [1.54, 1.807) is 32.2 Å². The molecule has 1 atom stereocenters. The molecule has 0 saturated carbocycles. The van der Waals surface area contributed by atoms with E-state index in [1.165, 1.54) is 19.2 Å². The second-order valence-electron chi connectivity index (χ2n) is 4.61. The average molecular weight is 355 g/mol. The molecule has 1 unspecified atom stereocenters. The fourth-order valence-electron chi connectivity index (χ4n) is 2.25. The van der Waals surface area contributed by atoms with Gasteiger partial charge in [-0.3, -0.25) is 0 Å². The zero-order valence-corrected chi connectivity index (χ0v) is 13.6. The molecular weight excluding hydrogens is 339 g/mol. The topological polar surface area (TPSA) is 38.7 Å². The maximum Gasteiger partial charge on any atom is 0.142 e. The van der Waals surface area contributed by atoms with Crippen molar-refractivity contribution >= 4 is 15.9 Å². The standard InChI is InChI=1S/C16H16BrFO3/c1-9-8-10(18)4-5-11(9)15(19)12-6-7-13(20-2)14(17)16(12)21-3/h4-8,15,19H,1-3H3. The molecule has 1 N–H and O–H groups in total. The SMILES string of the molecule is COc1ccc(C(O)c2ccc(F)cc2C)c(OC)c1Br. The number of halogens is 2. The normalized spacial score (nSPS) is 12.1. The number of hydrogen-bond donors (Lipinski definition) is 1. The van der Waals surface area contributed by atoms with E-state index in [1.807, 2.05) is 0 Å². The van der Waals surface area contributed by atoms with Gasteiger partial charge in [-0.1, -0.05) is 6.07 Å². The van der Waals surface area contributed by atoms with Crippen LogP contribution < -0.4 is 9.47 Å². The number of aryl methyl sites for hydroxylation is 1. The van der Waals surface area contributed by atoms with Crippen LogP contribution >= 0.6 is 15.9 Å². The predicted octanol–water partition coefficient (Wildman–Crippen LogP) is 4.00. The first kappa shape index (κ1) is 15.8. The van der Waals surface area contributed by atoms with Gasteiger partial charge in [0.1, 0.15) is 27.9 Å². The maximum atomic E-state index is 13.2. The number of aliphatic hydroxyl groups is 1. The van der Waals surface area contributed by atoms with Gasteiger partial charge in [-0.2, -0.15) is 0 Å². The minimum Gasteiger partial charge on any atom is -0.495 e. The molecular formula is C16H16BrFO3. The minimum absolute atomic E-state index is 0.327. The lowest BCUT2D eigenvalue weighted by Crippen LogP contribution is -2.05. The predicted molar refractivity (Wildman–Crippen MR) is 82.4 cm³/mol. The van der Waals surface area contributed by atoms with Crippen molar-refractivity contribution in [2.24, 2.45) is 0 Å². The highest BCUT2D eigenvalue weighted by Crippen LogP contribution is 2.41. The number of hydrogen-bond acceptors (Lipinski definition) is 3. The highest BCUT2D eigenvalue weighted by molar-refractivity contribution is 9.10. The van der Waals surface area contributed by atoms with Gasteiger partial charge in [-0.25, -0.2) is 4.39 Å². The van der Waals surface area contributed by atoms with Crippen LogP contribution in [-0.4, -0.2) is 19.3 Å². The van der Waals surface area contributed by atoms with Crippen LogP contribution in [0.25, 0.3) is 0 Å². The Hall–Kier alpha value is -1.59. The Morgan fingerprint density at radius 1 is 1.10 bits per heavy atom. The first-order valence-corrected chi connectivity index (χ1v) is 7.13. The summed E-state index contributed by atoms with van der Waals surface area (Å²) in [5.74, 6) is 0.774. The molecule has 5 heteroatoms. The third-order valence-electron chi connectivity index (χ3n) is 3.34. The zero-order chi connectivity index (χ0) is 15.6. The Kier molecular flexibility index (Phi) is 4.85. The Morgan fingerprint density at radius 3 is 2.33 bits per heavy atom. The van der Waals surface area contributed by atoms with Crippen LogP contribution in [0.3, 0.4) is 0 Å². The second-order valence-corrected chi connectivity index (χ2v) is 5.40. The Labute approximate surface area is 131 Å². The van der Waals surface area contributed by atoms with Gasteiger partial charge in [0.05, 0.1) is 14.2 Å². The molecule has 0 aliphatic heterocycles. The van der Waals surface area contributed by atoms with Gasteiger partial charge in [-0.15, -0.1) is 0 Å². The molecule has 21 heavy (non-hydrogen) atoms. The van der Waals surface area contributed by atoms with E-state index in [4.69, 9.17) is 9.47 Å². The van der Waals surface area contributed by atoms with E-state index in [0.717, 1.165) is 0 Å². The summed E-state index contributed by atoms with van der Waals surface area (Å²) in [7, 11) is 3.08. The minimum atomic E-state index is -0.914. The first-order chi connectivity index (χ1) is 9.99. The van der Waals surface area contributed by atoms with Gasteiger partial charge < -0.3 is 14.6 Å². The Balaban J connectivity index is 2.52. The molecule has 0 spiro atoms. The molecule has 0 aliphatic carbocycles. The van der Waals surface area contributed by atoms with Crippen LogP contribution in [0, 0.1) is 12.7 Å². The highest BCUT2D eigenvalue weighted by Gasteiger charge is 2.21. The number of rotatable bonds is 4. The van der Waals surface area contributed by atoms with Crippen molar-refractivity contribution in [3.8, 4) is 11.5 Å². The number of aliphatic hydroxyl groups excluding tert-OH is 1. The smallest absolute Gasteiger partial charge is 0.142 e. The van der Waals surface area contributed by atoms with Crippen LogP contribution in [0.4, 0.5) is 4.39 Å². The van der Waals surface area contributed by atoms with E-state index < -0.39 is 6.10 Å². The summed E-state index contributed by atoms with van der Waals surface area (Å²) in [6.45, 7) is 1.76. The quantitative estimate of drug-likeness (QED) is 0.901. The molecule has 0 heterocycles. The van der Waals surface area contributed by atoms with Crippen LogP contribution in [0.5, 0.6) is 11.5 Å². The molecule has 0 aliphatic rings. The molecule has 0 radical (unpaired) electrons. The molecule has 112 valence electrons. The van der Waals surface area contributed by atoms with Gasteiger partial charge in [-0.05, 0) is 58.2 Å². The zero-order valence-electron chi connectivity index (χ0n) is 12.0. The summed E-state index contributed by atoms with van der Waals surface area (Å²) in [4.78, 5) is 0. The van der Waals surface area contributed by atoms with Gasteiger partial charge in [0.25, 0.3) is 0 Å². The van der Waals surface area contributed by atoms with Crippen molar-refractivity contribution in [2.75, 3.05) is 14.2 Å². The van der Waals surface area contributed by atoms with Crippen LogP contribution in [-0.2, 0) is 0 Å². The lowest BCUT2D eigenvalue weighted by atomic mass is 9.96. The van der Waals surface area contributed by atoms with Crippen LogP contribution in [0.1, 0.15) is 22.8 Å². The summed E-state index contributed by atoms with van der Waals surface area (Å²) in [6.07, 6.45) is -0.914. The van der Waals surface area contributed by atoms with Crippen molar-refractivity contribution in [3.05, 3.63) is 57.3 Å². The fraction of sp³-hybridized carbons (Fsp3) is 0.250. The van der Waals surface area contributed by atoms with Crippen molar-refractivity contribution in [1.82, 2.24) is 0 Å². The summed E-state index contributed by atoms with van der Waals surface area (Å²) >= 11 is 3.40. The van der Waals surface area contributed by atoms with Crippen molar-refractivity contribution in [3.63, 3.8) is 0 Å². The molecule has 0 bridgehead atoms. The molecule has 3 nitrogen and oxygen atoms in total. The third kappa shape index (κ3) is 3.04.